The summed E-state index contributed by atoms with van der Waals surface area (Å²) >= 11 is 1.89. The van der Waals surface area contributed by atoms with Crippen LogP contribution < -0.4 is 5.32 Å². The first kappa shape index (κ1) is 23.0. The van der Waals surface area contributed by atoms with Gasteiger partial charge in [0, 0.05) is 45.5 Å². The standard InChI is InChI=1S/C19H29N5OS.CH2O2/c1-22(14-18-21-16-6-4-5-7-17(16)23(18)2)19(25)20-15-8-10-24(11-9-15)12-13-26-3;2-1-3/h4-7,15H,8-14H2,1-3H3,(H,20,25);1H,(H,2,3). The van der Waals surface area contributed by atoms with Crippen molar-refractivity contribution < 1.29 is 14.7 Å². The lowest BCUT2D eigenvalue weighted by molar-refractivity contribution is -0.122. The van der Waals surface area contributed by atoms with Crippen molar-refractivity contribution in [3.05, 3.63) is 30.1 Å². The Kier molecular flexibility index (Phi) is 9.27. The number of hydrogen-bond donors (Lipinski definition) is 2. The minimum atomic E-state index is -0.250. The first-order valence-electron chi connectivity index (χ1n) is 9.71. The van der Waals surface area contributed by atoms with Crippen LogP contribution in [0, 0.1) is 0 Å². The zero-order valence-corrected chi connectivity index (χ0v) is 18.2. The topological polar surface area (TPSA) is 90.7 Å². The highest BCUT2D eigenvalue weighted by Crippen LogP contribution is 2.16. The molecular formula is C20H31N5O3S. The van der Waals surface area contributed by atoms with Crippen LogP contribution in [0.2, 0.25) is 0 Å². The Balaban J connectivity index is 0.000000941. The highest BCUT2D eigenvalue weighted by molar-refractivity contribution is 7.98. The quantitative estimate of drug-likeness (QED) is 0.695. The van der Waals surface area contributed by atoms with Gasteiger partial charge in [-0.05, 0) is 31.2 Å². The van der Waals surface area contributed by atoms with E-state index in [4.69, 9.17) is 9.90 Å². The van der Waals surface area contributed by atoms with Crippen LogP contribution in [0.25, 0.3) is 11.0 Å². The first-order valence-corrected chi connectivity index (χ1v) is 11.1. The van der Waals surface area contributed by atoms with E-state index >= 15 is 0 Å². The number of aromatic nitrogens is 2. The number of thioether (sulfide) groups is 1. The second-order valence-corrected chi connectivity index (χ2v) is 8.08. The van der Waals surface area contributed by atoms with Crippen LogP contribution in [0.15, 0.2) is 24.3 Å². The number of carbonyl (C=O) groups is 2. The molecule has 1 saturated heterocycles. The summed E-state index contributed by atoms with van der Waals surface area (Å²) in [5.74, 6) is 2.08. The van der Waals surface area contributed by atoms with E-state index in [-0.39, 0.29) is 18.5 Å². The van der Waals surface area contributed by atoms with Crippen molar-refractivity contribution in [1.82, 2.24) is 24.7 Å². The zero-order valence-electron chi connectivity index (χ0n) is 17.4. The van der Waals surface area contributed by atoms with E-state index in [1.807, 2.05) is 44.1 Å². The summed E-state index contributed by atoms with van der Waals surface area (Å²) in [4.78, 5) is 29.8. The second kappa shape index (κ2) is 11.7. The molecule has 29 heavy (non-hydrogen) atoms. The van der Waals surface area contributed by atoms with Gasteiger partial charge in [-0.15, -0.1) is 0 Å². The third-order valence-electron chi connectivity index (χ3n) is 5.13. The molecule has 0 bridgehead atoms. The maximum atomic E-state index is 12.6. The number of rotatable bonds is 6. The van der Waals surface area contributed by atoms with Gasteiger partial charge < -0.3 is 24.8 Å². The largest absolute Gasteiger partial charge is 0.483 e. The molecule has 2 heterocycles. The van der Waals surface area contributed by atoms with Crippen LogP contribution in [-0.2, 0) is 18.4 Å². The number of imidazole rings is 1. The molecule has 3 rings (SSSR count). The molecule has 0 saturated carbocycles. The molecule has 2 aromatic rings. The van der Waals surface area contributed by atoms with Crippen molar-refractivity contribution in [1.29, 1.82) is 0 Å². The number of benzene rings is 1. The Bertz CT molecular complexity index is 790. The Labute approximate surface area is 176 Å². The van der Waals surface area contributed by atoms with Crippen molar-refractivity contribution in [3.8, 4) is 0 Å². The highest BCUT2D eigenvalue weighted by atomic mass is 32.2. The molecule has 9 heteroatoms. The fourth-order valence-electron chi connectivity index (χ4n) is 3.43. The molecule has 1 fully saturated rings. The molecule has 0 spiro atoms. The molecule has 160 valence electrons. The van der Waals surface area contributed by atoms with Gasteiger partial charge in [0.05, 0.1) is 17.6 Å². The molecule has 0 unspecified atom stereocenters. The van der Waals surface area contributed by atoms with Crippen LogP contribution in [-0.4, -0.2) is 81.7 Å². The van der Waals surface area contributed by atoms with Crippen molar-refractivity contribution in [3.63, 3.8) is 0 Å². The third-order valence-corrected chi connectivity index (χ3v) is 5.72. The molecule has 1 aromatic heterocycles. The molecule has 2 amide bonds. The summed E-state index contributed by atoms with van der Waals surface area (Å²) in [7, 11) is 3.84. The van der Waals surface area contributed by atoms with Gasteiger partial charge in [-0.25, -0.2) is 9.78 Å². The monoisotopic (exact) mass is 421 g/mol. The molecule has 1 aliphatic heterocycles. The van der Waals surface area contributed by atoms with Crippen molar-refractivity contribution in [2.45, 2.75) is 25.4 Å². The SMILES string of the molecule is CSCCN1CCC(NC(=O)N(C)Cc2nc3ccccc3n2C)CC1.O=CO. The summed E-state index contributed by atoms with van der Waals surface area (Å²) in [6.07, 6.45) is 4.20. The van der Waals surface area contributed by atoms with E-state index in [2.05, 4.69) is 32.1 Å². The molecule has 1 aromatic carbocycles. The van der Waals surface area contributed by atoms with Gasteiger partial charge in [-0.2, -0.15) is 11.8 Å². The Morgan fingerprint density at radius 1 is 1.38 bits per heavy atom. The van der Waals surface area contributed by atoms with Gasteiger partial charge >= 0.3 is 6.03 Å². The number of likely N-dealkylation sites (tertiary alicyclic amines) is 1. The number of piperidine rings is 1. The van der Waals surface area contributed by atoms with E-state index in [1.165, 1.54) is 5.75 Å². The molecule has 0 aliphatic carbocycles. The second-order valence-electron chi connectivity index (χ2n) is 7.10. The van der Waals surface area contributed by atoms with E-state index in [9.17, 15) is 4.79 Å². The predicted molar refractivity (Wildman–Crippen MR) is 117 cm³/mol. The van der Waals surface area contributed by atoms with Crippen LogP contribution in [0.4, 0.5) is 4.79 Å². The maximum absolute atomic E-state index is 12.6. The average molecular weight is 422 g/mol. The number of amides is 2. The van der Waals surface area contributed by atoms with Gasteiger partial charge in [0.2, 0.25) is 0 Å². The van der Waals surface area contributed by atoms with E-state index in [1.54, 1.807) is 4.90 Å². The number of para-hydroxylation sites is 2. The third kappa shape index (κ3) is 6.64. The minimum Gasteiger partial charge on any atom is -0.483 e. The van der Waals surface area contributed by atoms with Crippen molar-refractivity contribution in [2.24, 2.45) is 7.05 Å². The summed E-state index contributed by atoms with van der Waals surface area (Å²) in [5.41, 5.74) is 2.06. The Hall–Kier alpha value is -2.26. The summed E-state index contributed by atoms with van der Waals surface area (Å²) in [6, 6.07) is 8.31. The summed E-state index contributed by atoms with van der Waals surface area (Å²) < 4.78 is 2.06. The lowest BCUT2D eigenvalue weighted by Gasteiger charge is -2.33. The number of carboxylic acid groups (broad SMARTS) is 1. The number of nitrogens with zero attached hydrogens (tertiary/aromatic N) is 4. The molecule has 1 aliphatic rings. The van der Waals surface area contributed by atoms with Crippen molar-refractivity contribution in [2.75, 3.05) is 38.7 Å². The number of fused-ring (bicyclic) bond motifs is 1. The number of carbonyl (C=O) groups excluding carboxylic acids is 1. The van der Waals surface area contributed by atoms with Gasteiger partial charge in [-0.1, -0.05) is 12.1 Å². The normalized spacial score (nSPS) is 14.9. The number of aryl methyl sites for hydroxylation is 1. The predicted octanol–water partition coefficient (Wildman–Crippen LogP) is 2.24. The highest BCUT2D eigenvalue weighted by Gasteiger charge is 2.22. The van der Waals surface area contributed by atoms with Gasteiger partial charge in [-0.3, -0.25) is 4.79 Å². The summed E-state index contributed by atoms with van der Waals surface area (Å²) in [6.45, 7) is 3.54. The number of urea groups is 1. The molecular weight excluding hydrogens is 390 g/mol. The van der Waals surface area contributed by atoms with Crippen LogP contribution in [0.3, 0.4) is 0 Å². The first-order chi connectivity index (χ1) is 14.0. The lowest BCUT2D eigenvalue weighted by atomic mass is 10.1. The Morgan fingerprint density at radius 3 is 2.66 bits per heavy atom. The number of hydrogen-bond acceptors (Lipinski definition) is 5. The van der Waals surface area contributed by atoms with Crippen LogP contribution in [0.5, 0.6) is 0 Å². The lowest BCUT2D eigenvalue weighted by Crippen LogP contribution is -2.48. The van der Waals surface area contributed by atoms with Crippen molar-refractivity contribution >= 4 is 35.3 Å². The van der Waals surface area contributed by atoms with E-state index < -0.39 is 0 Å². The van der Waals surface area contributed by atoms with Crippen LogP contribution in [0.1, 0.15) is 18.7 Å². The Morgan fingerprint density at radius 2 is 2.03 bits per heavy atom. The maximum Gasteiger partial charge on any atom is 0.317 e. The van der Waals surface area contributed by atoms with E-state index in [0.717, 1.165) is 49.3 Å². The molecule has 0 radical (unpaired) electrons. The zero-order chi connectivity index (χ0) is 21.2. The van der Waals surface area contributed by atoms with Gasteiger partial charge in [0.15, 0.2) is 0 Å². The van der Waals surface area contributed by atoms with E-state index in [0.29, 0.717) is 6.54 Å². The smallest absolute Gasteiger partial charge is 0.317 e. The van der Waals surface area contributed by atoms with Gasteiger partial charge in [0.25, 0.3) is 6.47 Å². The molecule has 8 nitrogen and oxygen atoms in total. The fourth-order valence-corrected chi connectivity index (χ4v) is 3.87. The minimum absolute atomic E-state index is 0.0142. The van der Waals surface area contributed by atoms with Crippen LogP contribution >= 0.6 is 11.8 Å². The molecule has 2 N–H and O–H groups in total. The average Bonchev–Trinajstić information content (AvgIpc) is 3.03. The van der Waals surface area contributed by atoms with Gasteiger partial charge in [0.1, 0.15) is 5.82 Å². The molecule has 0 atom stereocenters. The fraction of sp³-hybridized carbons (Fsp3) is 0.550. The number of nitrogens with one attached hydrogen (secondary N) is 1. The summed E-state index contributed by atoms with van der Waals surface area (Å²) in [5, 5.41) is 10.1.